The SMILES string of the molecule is Cc1[nH]c2ccccc2c1C1=CCN(C(=O)[C@@H]2COCCO2)CC1. The summed E-state index contributed by atoms with van der Waals surface area (Å²) in [5.41, 5.74) is 4.95. The Morgan fingerprint density at radius 2 is 2.17 bits per heavy atom. The number of carbonyl (C=O) groups is 1. The van der Waals surface area contributed by atoms with Crippen LogP contribution in [0.4, 0.5) is 0 Å². The first-order chi connectivity index (χ1) is 11.7. The van der Waals surface area contributed by atoms with E-state index in [0.717, 1.165) is 18.5 Å². The Kier molecular flexibility index (Phi) is 4.12. The van der Waals surface area contributed by atoms with Crippen LogP contribution in [0.15, 0.2) is 30.3 Å². The zero-order valence-corrected chi connectivity index (χ0v) is 13.9. The van der Waals surface area contributed by atoms with Crippen LogP contribution in [0.5, 0.6) is 0 Å². The normalized spacial score (nSPS) is 21.8. The lowest BCUT2D eigenvalue weighted by Crippen LogP contribution is -2.46. The zero-order valence-electron chi connectivity index (χ0n) is 13.9. The summed E-state index contributed by atoms with van der Waals surface area (Å²) in [7, 11) is 0. The lowest BCUT2D eigenvalue weighted by molar-refractivity contribution is -0.157. The van der Waals surface area contributed by atoms with Crippen molar-refractivity contribution in [3.8, 4) is 0 Å². The summed E-state index contributed by atoms with van der Waals surface area (Å²) in [6.45, 7) is 4.92. The van der Waals surface area contributed by atoms with Crippen LogP contribution in [-0.2, 0) is 14.3 Å². The Hall–Kier alpha value is -2.11. The molecule has 1 atom stereocenters. The Labute approximate surface area is 141 Å². The monoisotopic (exact) mass is 326 g/mol. The molecule has 0 radical (unpaired) electrons. The fourth-order valence-corrected chi connectivity index (χ4v) is 3.62. The number of aromatic nitrogens is 1. The summed E-state index contributed by atoms with van der Waals surface area (Å²) in [5, 5.41) is 1.25. The Morgan fingerprint density at radius 1 is 1.29 bits per heavy atom. The third kappa shape index (κ3) is 2.74. The number of H-pyrrole nitrogens is 1. The molecule has 0 unspecified atom stereocenters. The molecular weight excluding hydrogens is 304 g/mol. The van der Waals surface area contributed by atoms with Gasteiger partial charge >= 0.3 is 0 Å². The second kappa shape index (κ2) is 6.42. The molecule has 4 rings (SSSR count). The Morgan fingerprint density at radius 3 is 2.92 bits per heavy atom. The van der Waals surface area contributed by atoms with Crippen molar-refractivity contribution in [2.75, 3.05) is 32.9 Å². The summed E-state index contributed by atoms with van der Waals surface area (Å²) in [6.07, 6.45) is 2.60. The molecule has 0 aliphatic carbocycles. The molecular formula is C19H22N2O3. The molecule has 1 aromatic carbocycles. The number of fused-ring (bicyclic) bond motifs is 1. The number of carbonyl (C=O) groups excluding carboxylic acids is 1. The van der Waals surface area contributed by atoms with Gasteiger partial charge in [0.2, 0.25) is 0 Å². The number of aromatic amines is 1. The lowest BCUT2D eigenvalue weighted by Gasteiger charge is -2.31. The van der Waals surface area contributed by atoms with E-state index in [1.807, 2.05) is 11.0 Å². The molecule has 1 aromatic heterocycles. The predicted octanol–water partition coefficient (Wildman–Crippen LogP) is 2.51. The fraction of sp³-hybridized carbons (Fsp3) is 0.421. The Balaban J connectivity index is 1.54. The molecule has 0 spiro atoms. The molecule has 0 bridgehead atoms. The van der Waals surface area contributed by atoms with Gasteiger partial charge in [-0.25, -0.2) is 0 Å². The van der Waals surface area contributed by atoms with E-state index in [0.29, 0.717) is 26.4 Å². The third-order valence-electron chi connectivity index (χ3n) is 4.83. The maximum absolute atomic E-state index is 12.5. The summed E-state index contributed by atoms with van der Waals surface area (Å²) in [6, 6.07) is 8.37. The van der Waals surface area contributed by atoms with Crippen molar-refractivity contribution in [1.82, 2.24) is 9.88 Å². The number of ether oxygens (including phenoxy) is 2. The summed E-state index contributed by atoms with van der Waals surface area (Å²) < 4.78 is 10.9. The quantitative estimate of drug-likeness (QED) is 0.922. The molecule has 2 aromatic rings. The zero-order chi connectivity index (χ0) is 16.5. The van der Waals surface area contributed by atoms with Crippen LogP contribution in [0.25, 0.3) is 16.5 Å². The molecule has 24 heavy (non-hydrogen) atoms. The minimum Gasteiger partial charge on any atom is -0.376 e. The first kappa shape index (κ1) is 15.4. The highest BCUT2D eigenvalue weighted by Gasteiger charge is 2.29. The van der Waals surface area contributed by atoms with E-state index >= 15 is 0 Å². The largest absolute Gasteiger partial charge is 0.376 e. The number of hydrogen-bond donors (Lipinski definition) is 1. The number of aryl methyl sites for hydroxylation is 1. The molecule has 5 nitrogen and oxygen atoms in total. The van der Waals surface area contributed by atoms with Crippen LogP contribution in [0.1, 0.15) is 17.7 Å². The average molecular weight is 326 g/mol. The van der Waals surface area contributed by atoms with Gasteiger partial charge < -0.3 is 19.4 Å². The predicted molar refractivity (Wildman–Crippen MR) is 92.8 cm³/mol. The topological polar surface area (TPSA) is 54.6 Å². The van der Waals surface area contributed by atoms with Crippen molar-refractivity contribution in [1.29, 1.82) is 0 Å². The molecule has 126 valence electrons. The van der Waals surface area contributed by atoms with Crippen LogP contribution in [0.3, 0.4) is 0 Å². The molecule has 0 saturated carbocycles. The van der Waals surface area contributed by atoms with Crippen molar-refractivity contribution >= 4 is 22.4 Å². The number of benzene rings is 1. The van der Waals surface area contributed by atoms with Crippen LogP contribution in [-0.4, -0.2) is 54.8 Å². The number of rotatable bonds is 2. The minimum atomic E-state index is -0.441. The van der Waals surface area contributed by atoms with Crippen LogP contribution < -0.4 is 0 Å². The van der Waals surface area contributed by atoms with Crippen molar-refractivity contribution in [3.05, 3.63) is 41.6 Å². The van der Waals surface area contributed by atoms with Gasteiger partial charge in [0.15, 0.2) is 6.10 Å². The van der Waals surface area contributed by atoms with E-state index in [2.05, 4.69) is 36.2 Å². The summed E-state index contributed by atoms with van der Waals surface area (Å²) >= 11 is 0. The van der Waals surface area contributed by atoms with Gasteiger partial charge in [0.05, 0.1) is 19.8 Å². The van der Waals surface area contributed by atoms with Crippen LogP contribution >= 0.6 is 0 Å². The van der Waals surface area contributed by atoms with Gasteiger partial charge in [-0.3, -0.25) is 4.79 Å². The number of nitrogens with zero attached hydrogens (tertiary/aromatic N) is 1. The smallest absolute Gasteiger partial charge is 0.254 e. The highest BCUT2D eigenvalue weighted by molar-refractivity contribution is 5.94. The Bertz CT molecular complexity index is 787. The summed E-state index contributed by atoms with van der Waals surface area (Å²) in [4.78, 5) is 17.8. The highest BCUT2D eigenvalue weighted by atomic mass is 16.6. The molecule has 1 saturated heterocycles. The first-order valence-electron chi connectivity index (χ1n) is 8.49. The molecule has 1 fully saturated rings. The van der Waals surface area contributed by atoms with Crippen molar-refractivity contribution in [2.45, 2.75) is 19.4 Å². The molecule has 2 aliphatic rings. The number of para-hydroxylation sites is 1. The van der Waals surface area contributed by atoms with Gasteiger partial charge in [-0.15, -0.1) is 0 Å². The second-order valence-corrected chi connectivity index (χ2v) is 6.37. The van der Waals surface area contributed by atoms with Crippen molar-refractivity contribution < 1.29 is 14.3 Å². The minimum absolute atomic E-state index is 0.0423. The van der Waals surface area contributed by atoms with Gasteiger partial charge in [0.25, 0.3) is 5.91 Å². The van der Waals surface area contributed by atoms with Crippen LogP contribution in [0, 0.1) is 6.92 Å². The summed E-state index contributed by atoms with van der Waals surface area (Å²) in [5.74, 6) is 0.0423. The molecule has 1 N–H and O–H groups in total. The first-order valence-corrected chi connectivity index (χ1v) is 8.49. The van der Waals surface area contributed by atoms with Gasteiger partial charge in [0, 0.05) is 35.2 Å². The molecule has 3 heterocycles. The van der Waals surface area contributed by atoms with Gasteiger partial charge in [-0.1, -0.05) is 24.3 Å². The number of hydrogen-bond acceptors (Lipinski definition) is 3. The lowest BCUT2D eigenvalue weighted by atomic mass is 9.96. The van der Waals surface area contributed by atoms with E-state index in [1.165, 1.54) is 22.2 Å². The van der Waals surface area contributed by atoms with E-state index in [9.17, 15) is 4.79 Å². The van der Waals surface area contributed by atoms with Gasteiger partial charge in [-0.2, -0.15) is 0 Å². The van der Waals surface area contributed by atoms with Gasteiger partial charge in [0.1, 0.15) is 0 Å². The van der Waals surface area contributed by atoms with E-state index < -0.39 is 6.10 Å². The molecule has 5 heteroatoms. The third-order valence-corrected chi connectivity index (χ3v) is 4.83. The second-order valence-electron chi connectivity index (χ2n) is 6.37. The number of nitrogens with one attached hydrogen (secondary N) is 1. The van der Waals surface area contributed by atoms with E-state index in [-0.39, 0.29) is 5.91 Å². The number of amides is 1. The standard InChI is InChI=1S/C19H22N2O3/c1-13-18(15-4-2-3-5-16(15)20-13)14-6-8-21(9-7-14)19(22)17-12-23-10-11-24-17/h2-6,17,20H,7-12H2,1H3/t17-/m0/s1. The van der Waals surface area contributed by atoms with Crippen LogP contribution in [0.2, 0.25) is 0 Å². The van der Waals surface area contributed by atoms with Crippen molar-refractivity contribution in [2.24, 2.45) is 0 Å². The van der Waals surface area contributed by atoms with E-state index in [4.69, 9.17) is 9.47 Å². The molecule has 2 aliphatic heterocycles. The molecule has 1 amide bonds. The maximum atomic E-state index is 12.5. The van der Waals surface area contributed by atoms with Gasteiger partial charge in [-0.05, 0) is 25.0 Å². The maximum Gasteiger partial charge on any atom is 0.254 e. The van der Waals surface area contributed by atoms with E-state index in [1.54, 1.807) is 0 Å². The highest BCUT2D eigenvalue weighted by Crippen LogP contribution is 2.32. The average Bonchev–Trinajstić information content (AvgIpc) is 2.98. The fourth-order valence-electron chi connectivity index (χ4n) is 3.62. The van der Waals surface area contributed by atoms with Crippen molar-refractivity contribution in [3.63, 3.8) is 0 Å².